The summed E-state index contributed by atoms with van der Waals surface area (Å²) in [6, 6.07) is 13.0. The van der Waals surface area contributed by atoms with E-state index in [1.54, 1.807) is 30.3 Å². The Balaban J connectivity index is 2.23. The van der Waals surface area contributed by atoms with Gasteiger partial charge in [0.15, 0.2) is 0 Å². The van der Waals surface area contributed by atoms with Crippen molar-refractivity contribution in [3.8, 4) is 6.07 Å². The van der Waals surface area contributed by atoms with Gasteiger partial charge in [0.1, 0.15) is 6.54 Å². The van der Waals surface area contributed by atoms with Crippen LogP contribution in [-0.2, 0) is 14.8 Å². The number of carbonyl (C=O) groups excluding carboxylic acids is 1. The zero-order valence-electron chi connectivity index (χ0n) is 13.7. The van der Waals surface area contributed by atoms with Crippen LogP contribution in [0.4, 0.5) is 11.4 Å². The van der Waals surface area contributed by atoms with Crippen LogP contribution in [0.3, 0.4) is 0 Å². The summed E-state index contributed by atoms with van der Waals surface area (Å²) in [7, 11) is -3.71. The molecule has 1 N–H and O–H groups in total. The Hall–Kier alpha value is -2.56. The molecule has 0 aliphatic heterocycles. The summed E-state index contributed by atoms with van der Waals surface area (Å²) in [4.78, 5) is 12.3. The first-order valence-electron chi connectivity index (χ1n) is 7.24. The van der Waals surface area contributed by atoms with Gasteiger partial charge in [0.25, 0.3) is 0 Å². The van der Waals surface area contributed by atoms with Gasteiger partial charge in [0, 0.05) is 10.7 Å². The standard InChI is InChI=1S/C17H16ClN3O3S/c1-12-6-7-14(9-16(12)18)20-17(22)11-21(25(2,23)24)15-5-3-4-13(8-15)10-19/h3-9H,11H2,1-2H3,(H,20,22). The van der Waals surface area contributed by atoms with Crippen LogP contribution in [0.5, 0.6) is 0 Å². The van der Waals surface area contributed by atoms with Crippen molar-refractivity contribution in [3.63, 3.8) is 0 Å². The Morgan fingerprint density at radius 2 is 2.00 bits per heavy atom. The maximum absolute atomic E-state index is 12.3. The van der Waals surface area contributed by atoms with E-state index < -0.39 is 22.5 Å². The Kier molecular flexibility index (Phi) is 5.67. The highest BCUT2D eigenvalue weighted by atomic mass is 35.5. The highest BCUT2D eigenvalue weighted by molar-refractivity contribution is 7.92. The van der Waals surface area contributed by atoms with Gasteiger partial charge in [-0.25, -0.2) is 8.42 Å². The predicted octanol–water partition coefficient (Wildman–Crippen LogP) is 2.92. The van der Waals surface area contributed by atoms with Gasteiger partial charge < -0.3 is 5.32 Å². The minimum atomic E-state index is -3.71. The molecule has 0 radical (unpaired) electrons. The monoisotopic (exact) mass is 377 g/mol. The second kappa shape index (κ2) is 7.55. The number of hydrogen-bond acceptors (Lipinski definition) is 4. The zero-order valence-corrected chi connectivity index (χ0v) is 15.2. The van der Waals surface area contributed by atoms with Gasteiger partial charge in [-0.15, -0.1) is 0 Å². The lowest BCUT2D eigenvalue weighted by Gasteiger charge is -2.22. The molecule has 0 aliphatic rings. The molecule has 0 fully saturated rings. The SMILES string of the molecule is Cc1ccc(NC(=O)CN(c2cccc(C#N)c2)S(C)(=O)=O)cc1Cl. The molecule has 130 valence electrons. The molecule has 2 aromatic rings. The second-order valence-electron chi connectivity index (χ2n) is 5.44. The van der Waals surface area contributed by atoms with Crippen molar-refractivity contribution < 1.29 is 13.2 Å². The van der Waals surface area contributed by atoms with Crippen LogP contribution in [0.1, 0.15) is 11.1 Å². The summed E-state index contributed by atoms with van der Waals surface area (Å²) >= 11 is 6.02. The van der Waals surface area contributed by atoms with Crippen molar-refractivity contribution in [1.82, 2.24) is 0 Å². The minimum Gasteiger partial charge on any atom is -0.324 e. The predicted molar refractivity (Wildman–Crippen MR) is 98.2 cm³/mol. The number of rotatable bonds is 5. The average molecular weight is 378 g/mol. The normalized spacial score (nSPS) is 10.8. The van der Waals surface area contributed by atoms with Crippen molar-refractivity contribution in [2.24, 2.45) is 0 Å². The van der Waals surface area contributed by atoms with E-state index in [0.29, 0.717) is 16.3 Å². The summed E-state index contributed by atoms with van der Waals surface area (Å²) in [5.74, 6) is -0.521. The van der Waals surface area contributed by atoms with E-state index in [-0.39, 0.29) is 5.69 Å². The van der Waals surface area contributed by atoms with Gasteiger partial charge in [-0.1, -0.05) is 23.7 Å². The maximum Gasteiger partial charge on any atom is 0.245 e. The van der Waals surface area contributed by atoms with Crippen LogP contribution >= 0.6 is 11.6 Å². The number of amides is 1. The second-order valence-corrected chi connectivity index (χ2v) is 7.76. The van der Waals surface area contributed by atoms with E-state index in [1.165, 1.54) is 12.1 Å². The number of anilines is 2. The maximum atomic E-state index is 12.3. The summed E-state index contributed by atoms with van der Waals surface area (Å²) < 4.78 is 25.1. The van der Waals surface area contributed by atoms with E-state index in [2.05, 4.69) is 5.32 Å². The molecular formula is C17H16ClN3O3S. The van der Waals surface area contributed by atoms with Gasteiger partial charge in [0.05, 0.1) is 23.6 Å². The number of hydrogen-bond donors (Lipinski definition) is 1. The Morgan fingerprint density at radius 1 is 1.28 bits per heavy atom. The summed E-state index contributed by atoms with van der Waals surface area (Å²) in [6.45, 7) is 1.42. The molecule has 2 aromatic carbocycles. The third-order valence-electron chi connectivity index (χ3n) is 3.41. The number of sulfonamides is 1. The average Bonchev–Trinajstić information content (AvgIpc) is 2.55. The highest BCUT2D eigenvalue weighted by Gasteiger charge is 2.21. The molecule has 0 aromatic heterocycles. The molecule has 6 nitrogen and oxygen atoms in total. The third-order valence-corrected chi connectivity index (χ3v) is 4.95. The molecular weight excluding hydrogens is 362 g/mol. The fraction of sp³-hybridized carbons (Fsp3) is 0.176. The Morgan fingerprint density at radius 3 is 2.60 bits per heavy atom. The smallest absolute Gasteiger partial charge is 0.245 e. The highest BCUT2D eigenvalue weighted by Crippen LogP contribution is 2.21. The first-order valence-corrected chi connectivity index (χ1v) is 9.47. The van der Waals surface area contributed by atoms with Crippen LogP contribution in [0.15, 0.2) is 42.5 Å². The van der Waals surface area contributed by atoms with Crippen LogP contribution in [0, 0.1) is 18.3 Å². The molecule has 0 aliphatic carbocycles. The largest absolute Gasteiger partial charge is 0.324 e. The zero-order chi connectivity index (χ0) is 18.6. The van der Waals surface area contributed by atoms with E-state index in [4.69, 9.17) is 16.9 Å². The van der Waals surface area contributed by atoms with Gasteiger partial charge in [-0.05, 0) is 42.8 Å². The summed E-state index contributed by atoms with van der Waals surface area (Å²) in [5, 5.41) is 12.1. The Bertz CT molecular complexity index is 952. The molecule has 2 rings (SSSR count). The molecule has 1 amide bonds. The summed E-state index contributed by atoms with van der Waals surface area (Å²) in [5.41, 5.74) is 1.89. The lowest BCUT2D eigenvalue weighted by molar-refractivity contribution is -0.114. The van der Waals surface area contributed by atoms with Crippen molar-refractivity contribution in [3.05, 3.63) is 58.6 Å². The van der Waals surface area contributed by atoms with Crippen molar-refractivity contribution in [1.29, 1.82) is 5.26 Å². The first-order chi connectivity index (χ1) is 11.7. The fourth-order valence-corrected chi connectivity index (χ4v) is 3.16. The number of nitrogens with one attached hydrogen (secondary N) is 1. The van der Waals surface area contributed by atoms with E-state index >= 15 is 0 Å². The molecule has 0 saturated heterocycles. The lowest BCUT2D eigenvalue weighted by Crippen LogP contribution is -2.37. The molecule has 25 heavy (non-hydrogen) atoms. The number of nitriles is 1. The van der Waals surface area contributed by atoms with Crippen LogP contribution < -0.4 is 9.62 Å². The molecule has 0 bridgehead atoms. The van der Waals surface area contributed by atoms with Crippen LogP contribution in [0.25, 0.3) is 0 Å². The van der Waals surface area contributed by atoms with E-state index in [0.717, 1.165) is 16.1 Å². The van der Waals surface area contributed by atoms with Crippen LogP contribution in [0.2, 0.25) is 5.02 Å². The Labute approximate surface area is 151 Å². The molecule has 0 spiro atoms. The number of nitrogens with zero attached hydrogens (tertiary/aromatic N) is 2. The number of aryl methyl sites for hydroxylation is 1. The molecule has 0 saturated carbocycles. The lowest BCUT2D eigenvalue weighted by atomic mass is 10.2. The van der Waals surface area contributed by atoms with E-state index in [1.807, 2.05) is 13.0 Å². The van der Waals surface area contributed by atoms with Gasteiger partial charge in [-0.2, -0.15) is 5.26 Å². The van der Waals surface area contributed by atoms with Gasteiger partial charge >= 0.3 is 0 Å². The third kappa shape index (κ3) is 4.95. The van der Waals surface area contributed by atoms with Gasteiger partial charge in [0.2, 0.25) is 15.9 Å². The minimum absolute atomic E-state index is 0.249. The number of benzene rings is 2. The first kappa shape index (κ1) is 18.8. The van der Waals surface area contributed by atoms with Crippen LogP contribution in [-0.4, -0.2) is 27.1 Å². The number of halogens is 1. The molecule has 8 heteroatoms. The molecule has 0 unspecified atom stereocenters. The quantitative estimate of drug-likeness (QED) is 0.867. The van der Waals surface area contributed by atoms with Gasteiger partial charge in [-0.3, -0.25) is 9.10 Å². The number of carbonyl (C=O) groups is 1. The molecule has 0 atom stereocenters. The van der Waals surface area contributed by atoms with Crippen molar-refractivity contribution in [2.75, 3.05) is 22.4 Å². The fourth-order valence-electron chi connectivity index (χ4n) is 2.13. The summed E-state index contributed by atoms with van der Waals surface area (Å²) in [6.07, 6.45) is 1.00. The van der Waals surface area contributed by atoms with Crippen molar-refractivity contribution >= 4 is 38.9 Å². The van der Waals surface area contributed by atoms with Crippen molar-refractivity contribution in [2.45, 2.75) is 6.92 Å². The molecule has 0 heterocycles. The van der Waals surface area contributed by atoms with E-state index in [9.17, 15) is 13.2 Å². The topological polar surface area (TPSA) is 90.3 Å².